The average Bonchev–Trinajstić information content (AvgIpc) is 2.86. The smallest absolute Gasteiger partial charge is 0.337 e. The van der Waals surface area contributed by atoms with Crippen molar-refractivity contribution >= 4 is 40.8 Å². The number of carbonyl (C=O) groups is 3. The zero-order valence-corrected chi connectivity index (χ0v) is 14.2. The van der Waals surface area contributed by atoms with E-state index in [4.69, 9.17) is 11.6 Å². The molecular weight excluding hydrogens is 363 g/mol. The molecule has 26 heavy (non-hydrogen) atoms. The van der Waals surface area contributed by atoms with Crippen molar-refractivity contribution in [3.05, 3.63) is 70.6 Å². The highest BCUT2D eigenvalue weighted by Crippen LogP contribution is 2.31. The van der Waals surface area contributed by atoms with Gasteiger partial charge in [-0.25, -0.2) is 14.1 Å². The van der Waals surface area contributed by atoms with Crippen LogP contribution in [-0.4, -0.2) is 24.9 Å². The van der Waals surface area contributed by atoms with Gasteiger partial charge in [0.25, 0.3) is 11.8 Å². The first-order valence-electron chi connectivity index (χ1n) is 7.42. The number of nitrogens with zero attached hydrogens (tertiary/aromatic N) is 1. The van der Waals surface area contributed by atoms with Gasteiger partial charge in [-0.3, -0.25) is 9.59 Å². The number of halogens is 2. The van der Waals surface area contributed by atoms with E-state index in [2.05, 4.69) is 10.1 Å². The third-order valence-electron chi connectivity index (χ3n) is 3.69. The lowest BCUT2D eigenvalue weighted by atomic mass is 10.2. The molecule has 0 spiro atoms. The quantitative estimate of drug-likeness (QED) is 0.657. The van der Waals surface area contributed by atoms with Crippen molar-refractivity contribution in [3.63, 3.8) is 0 Å². The molecule has 0 unspecified atom stereocenters. The van der Waals surface area contributed by atoms with Crippen LogP contribution in [-0.2, 0) is 14.3 Å². The van der Waals surface area contributed by atoms with Crippen LogP contribution >= 0.6 is 11.6 Å². The first kappa shape index (κ1) is 17.6. The van der Waals surface area contributed by atoms with Gasteiger partial charge in [-0.2, -0.15) is 0 Å². The largest absolute Gasteiger partial charge is 0.465 e. The minimum Gasteiger partial charge on any atom is -0.465 e. The van der Waals surface area contributed by atoms with Gasteiger partial charge in [0.15, 0.2) is 0 Å². The minimum atomic E-state index is -0.780. The van der Waals surface area contributed by atoms with Crippen molar-refractivity contribution in [2.24, 2.45) is 0 Å². The number of amides is 2. The second-order valence-corrected chi connectivity index (χ2v) is 5.66. The normalized spacial score (nSPS) is 14.0. The molecule has 0 aromatic heterocycles. The summed E-state index contributed by atoms with van der Waals surface area (Å²) >= 11 is 5.99. The summed E-state index contributed by atoms with van der Waals surface area (Å²) in [6.07, 6.45) is 0. The number of ether oxygens (including phenoxy) is 1. The highest BCUT2D eigenvalue weighted by molar-refractivity contribution is 6.53. The average molecular weight is 375 g/mol. The molecule has 8 heteroatoms. The molecule has 3 rings (SSSR count). The molecule has 132 valence electrons. The van der Waals surface area contributed by atoms with Crippen molar-refractivity contribution in [2.45, 2.75) is 0 Å². The number of carbonyl (C=O) groups excluding carboxylic acids is 3. The molecule has 2 aromatic rings. The van der Waals surface area contributed by atoms with E-state index in [0.717, 1.165) is 4.90 Å². The fourth-order valence-corrected chi connectivity index (χ4v) is 2.65. The molecule has 0 aliphatic carbocycles. The number of nitrogens with one attached hydrogen (secondary N) is 1. The predicted molar refractivity (Wildman–Crippen MR) is 93.2 cm³/mol. The van der Waals surface area contributed by atoms with Gasteiger partial charge in [-0.05, 0) is 30.3 Å². The molecule has 0 saturated carbocycles. The van der Waals surface area contributed by atoms with Crippen LogP contribution in [0.3, 0.4) is 0 Å². The molecule has 0 saturated heterocycles. The lowest BCUT2D eigenvalue weighted by Crippen LogP contribution is -2.32. The molecule has 0 radical (unpaired) electrons. The number of hydrogen-bond acceptors (Lipinski definition) is 5. The van der Waals surface area contributed by atoms with Gasteiger partial charge >= 0.3 is 5.97 Å². The van der Waals surface area contributed by atoms with Gasteiger partial charge in [0.1, 0.15) is 16.5 Å². The van der Waals surface area contributed by atoms with Gasteiger partial charge in [-0.15, -0.1) is 0 Å². The molecule has 0 atom stereocenters. The summed E-state index contributed by atoms with van der Waals surface area (Å²) < 4.78 is 18.4. The summed E-state index contributed by atoms with van der Waals surface area (Å²) in [5.74, 6) is -2.76. The van der Waals surface area contributed by atoms with Crippen LogP contribution in [0.2, 0.25) is 0 Å². The SMILES string of the molecule is COC(=O)c1cccc(N2C(=O)C(Cl)=C(Nc3ccccc3F)C2=O)c1. The van der Waals surface area contributed by atoms with Crippen LogP contribution in [0.15, 0.2) is 59.3 Å². The summed E-state index contributed by atoms with van der Waals surface area (Å²) in [5.41, 5.74) is 0.0702. The first-order valence-corrected chi connectivity index (χ1v) is 7.80. The lowest BCUT2D eigenvalue weighted by molar-refractivity contribution is -0.120. The Hall–Kier alpha value is -3.19. The molecule has 2 amide bonds. The van der Waals surface area contributed by atoms with Crippen molar-refractivity contribution in [2.75, 3.05) is 17.3 Å². The number of hydrogen-bond donors (Lipinski definition) is 1. The van der Waals surface area contributed by atoms with E-state index in [1.54, 1.807) is 6.07 Å². The second kappa shape index (κ2) is 6.97. The fourth-order valence-electron chi connectivity index (χ4n) is 2.43. The summed E-state index contributed by atoms with van der Waals surface area (Å²) in [4.78, 5) is 37.5. The number of methoxy groups -OCH3 is 1. The Morgan fingerprint density at radius 1 is 1.12 bits per heavy atom. The van der Waals surface area contributed by atoms with E-state index in [0.29, 0.717) is 0 Å². The maximum Gasteiger partial charge on any atom is 0.337 e. The Labute approximate surface area is 152 Å². The molecule has 1 heterocycles. The third kappa shape index (κ3) is 3.04. The predicted octanol–water partition coefficient (Wildman–Crippen LogP) is 3.05. The van der Waals surface area contributed by atoms with Crippen LogP contribution in [0.4, 0.5) is 15.8 Å². The summed E-state index contributed by atoms with van der Waals surface area (Å²) in [5, 5.41) is 2.18. The van der Waals surface area contributed by atoms with Crippen LogP contribution in [0.25, 0.3) is 0 Å². The molecule has 1 N–H and O–H groups in total. The number of benzene rings is 2. The number of para-hydroxylation sites is 1. The number of imide groups is 1. The molecule has 1 aliphatic rings. The first-order chi connectivity index (χ1) is 12.4. The van der Waals surface area contributed by atoms with E-state index in [-0.39, 0.29) is 27.7 Å². The molecule has 6 nitrogen and oxygen atoms in total. The van der Waals surface area contributed by atoms with E-state index in [1.807, 2.05) is 0 Å². The molecule has 1 aliphatic heterocycles. The summed E-state index contributed by atoms with van der Waals surface area (Å²) in [6.45, 7) is 0. The van der Waals surface area contributed by atoms with Crippen LogP contribution in [0.5, 0.6) is 0 Å². The van der Waals surface area contributed by atoms with Gasteiger partial charge in [0.05, 0.1) is 24.0 Å². The highest BCUT2D eigenvalue weighted by Gasteiger charge is 2.39. The maximum atomic E-state index is 13.8. The zero-order valence-electron chi connectivity index (χ0n) is 13.5. The highest BCUT2D eigenvalue weighted by atomic mass is 35.5. The van der Waals surface area contributed by atoms with Crippen molar-refractivity contribution < 1.29 is 23.5 Å². The fraction of sp³-hybridized carbons (Fsp3) is 0.0556. The van der Waals surface area contributed by atoms with Crippen LogP contribution in [0, 0.1) is 5.82 Å². The lowest BCUT2D eigenvalue weighted by Gasteiger charge is -2.16. The summed E-state index contributed by atoms with van der Waals surface area (Å²) in [7, 11) is 1.22. The van der Waals surface area contributed by atoms with Crippen molar-refractivity contribution in [3.8, 4) is 0 Å². The van der Waals surface area contributed by atoms with Crippen LogP contribution in [0.1, 0.15) is 10.4 Å². The molecule has 0 fully saturated rings. The van der Waals surface area contributed by atoms with Gasteiger partial charge in [0.2, 0.25) is 0 Å². The zero-order chi connectivity index (χ0) is 18.8. The van der Waals surface area contributed by atoms with Gasteiger partial charge < -0.3 is 10.1 Å². The Bertz CT molecular complexity index is 958. The number of rotatable bonds is 4. The van der Waals surface area contributed by atoms with E-state index in [9.17, 15) is 18.8 Å². The number of anilines is 2. The Kier molecular flexibility index (Phi) is 4.73. The molecule has 2 aromatic carbocycles. The minimum absolute atomic E-state index is 0.00645. The third-order valence-corrected chi connectivity index (χ3v) is 4.04. The standard InChI is InChI=1S/C18H12ClFN2O4/c1-26-18(25)10-5-4-6-11(9-10)22-16(23)14(19)15(17(22)24)21-13-8-3-2-7-12(13)20/h2-9,21H,1H3. The Morgan fingerprint density at radius 2 is 1.85 bits per heavy atom. The Balaban J connectivity index is 1.94. The topological polar surface area (TPSA) is 75.7 Å². The molecular formula is C18H12ClFN2O4. The summed E-state index contributed by atoms with van der Waals surface area (Å²) in [6, 6.07) is 11.4. The van der Waals surface area contributed by atoms with E-state index < -0.39 is 23.6 Å². The second-order valence-electron chi connectivity index (χ2n) is 5.28. The Morgan fingerprint density at radius 3 is 2.54 bits per heavy atom. The van der Waals surface area contributed by atoms with Crippen molar-refractivity contribution in [1.82, 2.24) is 0 Å². The number of esters is 1. The van der Waals surface area contributed by atoms with Crippen molar-refractivity contribution in [1.29, 1.82) is 0 Å². The van der Waals surface area contributed by atoms with E-state index in [1.165, 1.54) is 49.6 Å². The van der Waals surface area contributed by atoms with Gasteiger partial charge in [-0.1, -0.05) is 29.8 Å². The monoisotopic (exact) mass is 374 g/mol. The van der Waals surface area contributed by atoms with Gasteiger partial charge in [0, 0.05) is 0 Å². The maximum absolute atomic E-state index is 13.8. The molecule has 0 bridgehead atoms. The van der Waals surface area contributed by atoms with Crippen LogP contribution < -0.4 is 10.2 Å². The van der Waals surface area contributed by atoms with E-state index >= 15 is 0 Å².